The molecule has 4 heterocycles. The van der Waals surface area contributed by atoms with Gasteiger partial charge in [0.2, 0.25) is 0 Å². The Morgan fingerprint density at radius 1 is 0.906 bits per heavy atom. The number of hydrogen-bond acceptors (Lipinski definition) is 11. The van der Waals surface area contributed by atoms with Gasteiger partial charge < -0.3 is 25.2 Å². The maximum absolute atomic E-state index is 13.4. The van der Waals surface area contributed by atoms with Crippen LogP contribution in [0.1, 0.15) is 49.2 Å². The molecule has 7 rings (SSSR count). The van der Waals surface area contributed by atoms with E-state index < -0.39 is 17.2 Å². The van der Waals surface area contributed by atoms with Crippen LogP contribution in [0.4, 0.5) is 22.1 Å². The number of piperazine rings is 1. The predicted molar refractivity (Wildman–Crippen MR) is 208 cm³/mol. The van der Waals surface area contributed by atoms with Crippen LogP contribution in [-0.4, -0.2) is 80.4 Å². The number of hydrogen-bond donors (Lipinski definition) is 2. The maximum Gasteiger partial charge on any atom is 0.408 e. The second kappa shape index (κ2) is 15.2. The lowest BCUT2D eigenvalue weighted by molar-refractivity contribution is 0.0499. The van der Waals surface area contributed by atoms with E-state index in [2.05, 4.69) is 46.7 Å². The van der Waals surface area contributed by atoms with Gasteiger partial charge in [-0.15, -0.1) is 10.2 Å². The third-order valence-electron chi connectivity index (χ3n) is 9.28. The fraction of sp³-hybridized carbons (Fsp3) is 0.333. The van der Waals surface area contributed by atoms with Gasteiger partial charge in [-0.1, -0.05) is 35.5 Å². The number of alkyl carbamates (subject to hydrolysis) is 1. The van der Waals surface area contributed by atoms with E-state index in [1.807, 2.05) is 99.6 Å². The molecule has 2 aromatic heterocycles. The molecule has 12 nitrogen and oxygen atoms in total. The SMILES string of the molecule is CC1(NC(=O)OC(C)(C)C)C=CN(c2cnc(Sc3cccc(NC(=O)c4ccc5c(c4)CC(N4CCN(c6ccc(Cl)nn6)CC4)C5)c3)cn2)C=C1. The standard InChI is InChI=1S/C39H42ClN9O3S/c1-38(2,3)52-37(51)44-39(4)12-14-48(15-13-39)34-24-42-35(25-41-34)53-31-7-5-6-29(23-31)43-36(50)27-9-8-26-21-30(22-28(26)20-27)47-16-18-49(19-17-47)33-11-10-32(40)45-46-33/h5-15,20,23-25,30H,16-19,21-22H2,1-4H3,(H,43,50)(H,44,51). The van der Waals surface area contributed by atoms with Crippen molar-refractivity contribution in [3.63, 3.8) is 0 Å². The van der Waals surface area contributed by atoms with E-state index in [0.717, 1.165) is 49.7 Å². The molecule has 0 spiro atoms. The molecule has 2 aromatic carbocycles. The average molecular weight is 752 g/mol. The van der Waals surface area contributed by atoms with Crippen molar-refractivity contribution in [3.05, 3.63) is 113 Å². The highest BCUT2D eigenvalue weighted by Gasteiger charge is 2.31. The molecule has 2 aliphatic heterocycles. The molecule has 14 heteroatoms. The molecule has 1 aliphatic carbocycles. The zero-order valence-electron chi connectivity index (χ0n) is 30.1. The number of carbonyl (C=O) groups is 2. The Hall–Kier alpha value is -4.98. The normalized spacial score (nSPS) is 18.1. The van der Waals surface area contributed by atoms with Gasteiger partial charge in [-0.3, -0.25) is 9.69 Å². The van der Waals surface area contributed by atoms with E-state index in [1.165, 1.54) is 22.9 Å². The number of anilines is 3. The van der Waals surface area contributed by atoms with Gasteiger partial charge in [0.1, 0.15) is 10.6 Å². The van der Waals surface area contributed by atoms with Gasteiger partial charge in [0, 0.05) is 60.8 Å². The van der Waals surface area contributed by atoms with E-state index in [4.69, 9.17) is 16.3 Å². The predicted octanol–water partition coefficient (Wildman–Crippen LogP) is 6.74. The van der Waals surface area contributed by atoms with E-state index in [0.29, 0.717) is 33.3 Å². The molecule has 4 aromatic rings. The summed E-state index contributed by atoms with van der Waals surface area (Å²) in [6, 6.07) is 17.9. The Bertz CT molecular complexity index is 2010. The molecule has 0 bridgehead atoms. The van der Waals surface area contributed by atoms with Crippen LogP contribution in [0.3, 0.4) is 0 Å². The lowest BCUT2D eigenvalue weighted by atomic mass is 10.0. The second-order valence-electron chi connectivity index (χ2n) is 14.5. The first kappa shape index (κ1) is 36.4. The van der Waals surface area contributed by atoms with Crippen LogP contribution in [0.15, 0.2) is 101 Å². The van der Waals surface area contributed by atoms with Crippen molar-refractivity contribution in [1.82, 2.24) is 30.4 Å². The van der Waals surface area contributed by atoms with Crippen molar-refractivity contribution in [3.8, 4) is 0 Å². The first-order valence-corrected chi connectivity index (χ1v) is 18.8. The lowest BCUT2D eigenvalue weighted by Gasteiger charge is -2.38. The number of rotatable bonds is 8. The fourth-order valence-electron chi connectivity index (χ4n) is 6.58. The van der Waals surface area contributed by atoms with Gasteiger partial charge in [0.05, 0.1) is 17.9 Å². The Labute approximate surface area is 318 Å². The number of benzene rings is 2. The van der Waals surface area contributed by atoms with Crippen molar-refractivity contribution >= 4 is 52.7 Å². The quantitative estimate of drug-likeness (QED) is 0.199. The van der Waals surface area contributed by atoms with Crippen LogP contribution >= 0.6 is 23.4 Å². The number of amides is 2. The van der Waals surface area contributed by atoms with E-state index in [-0.39, 0.29) is 5.91 Å². The second-order valence-corrected chi connectivity index (χ2v) is 16.0. The van der Waals surface area contributed by atoms with E-state index in [1.54, 1.807) is 18.5 Å². The zero-order chi connectivity index (χ0) is 37.2. The minimum absolute atomic E-state index is 0.139. The fourth-order valence-corrected chi connectivity index (χ4v) is 7.47. The summed E-state index contributed by atoms with van der Waals surface area (Å²) in [5.41, 5.74) is 2.63. The van der Waals surface area contributed by atoms with Gasteiger partial charge in [-0.2, -0.15) is 0 Å². The van der Waals surface area contributed by atoms with Gasteiger partial charge in [-0.25, -0.2) is 14.8 Å². The van der Waals surface area contributed by atoms with Crippen molar-refractivity contribution in [2.24, 2.45) is 0 Å². The molecular weight excluding hydrogens is 710 g/mol. The van der Waals surface area contributed by atoms with Crippen molar-refractivity contribution in [2.75, 3.05) is 41.3 Å². The zero-order valence-corrected chi connectivity index (χ0v) is 31.7. The van der Waals surface area contributed by atoms with Crippen LogP contribution in [-0.2, 0) is 17.6 Å². The van der Waals surface area contributed by atoms with Gasteiger partial charge >= 0.3 is 6.09 Å². The van der Waals surface area contributed by atoms with E-state index >= 15 is 0 Å². The number of nitrogens with zero attached hydrogens (tertiary/aromatic N) is 7. The highest BCUT2D eigenvalue weighted by Crippen LogP contribution is 2.31. The Kier molecular flexibility index (Phi) is 10.4. The maximum atomic E-state index is 13.4. The molecule has 1 saturated heterocycles. The molecule has 1 atom stereocenters. The number of carbonyl (C=O) groups excluding carboxylic acids is 2. The largest absolute Gasteiger partial charge is 0.444 e. The number of fused-ring (bicyclic) bond motifs is 1. The first-order valence-electron chi connectivity index (χ1n) is 17.6. The van der Waals surface area contributed by atoms with Crippen LogP contribution < -0.4 is 20.4 Å². The minimum Gasteiger partial charge on any atom is -0.444 e. The molecule has 53 heavy (non-hydrogen) atoms. The molecule has 0 radical (unpaired) electrons. The number of halogens is 1. The summed E-state index contributed by atoms with van der Waals surface area (Å²) in [6.07, 6.45) is 12.2. The monoisotopic (exact) mass is 751 g/mol. The molecule has 0 saturated carbocycles. The van der Waals surface area contributed by atoms with Gasteiger partial charge in [0.15, 0.2) is 16.8 Å². The first-order chi connectivity index (χ1) is 25.4. The summed E-state index contributed by atoms with van der Waals surface area (Å²) >= 11 is 7.37. The van der Waals surface area contributed by atoms with Crippen molar-refractivity contribution in [2.45, 2.75) is 67.6 Å². The van der Waals surface area contributed by atoms with Crippen molar-refractivity contribution in [1.29, 1.82) is 0 Å². The van der Waals surface area contributed by atoms with Crippen molar-refractivity contribution < 1.29 is 14.3 Å². The van der Waals surface area contributed by atoms with Crippen LogP contribution in [0.2, 0.25) is 5.15 Å². The smallest absolute Gasteiger partial charge is 0.408 e. The minimum atomic E-state index is -0.695. The molecular formula is C39H42ClN9O3S. The van der Waals surface area contributed by atoms with E-state index in [9.17, 15) is 9.59 Å². The highest BCUT2D eigenvalue weighted by atomic mass is 35.5. The molecule has 2 amide bonds. The number of nitrogens with one attached hydrogen (secondary N) is 2. The van der Waals surface area contributed by atoms with Gasteiger partial charge in [-0.05, 0) is 106 Å². The third kappa shape index (κ3) is 9.16. The Balaban J connectivity index is 0.905. The lowest BCUT2D eigenvalue weighted by Crippen LogP contribution is -2.51. The number of ether oxygens (including phenoxy) is 1. The summed E-state index contributed by atoms with van der Waals surface area (Å²) < 4.78 is 5.39. The number of aromatic nitrogens is 4. The summed E-state index contributed by atoms with van der Waals surface area (Å²) in [5.74, 6) is 1.35. The topological polar surface area (TPSA) is 129 Å². The van der Waals surface area contributed by atoms with Crippen LogP contribution in [0, 0.1) is 0 Å². The summed E-state index contributed by atoms with van der Waals surface area (Å²) in [7, 11) is 0. The van der Waals surface area contributed by atoms with Crippen LogP contribution in [0.25, 0.3) is 0 Å². The molecule has 274 valence electrons. The average Bonchev–Trinajstić information content (AvgIpc) is 3.56. The third-order valence-corrected chi connectivity index (χ3v) is 10.4. The molecule has 1 unspecified atom stereocenters. The van der Waals surface area contributed by atoms with Crippen LogP contribution in [0.5, 0.6) is 0 Å². The Morgan fingerprint density at radius 3 is 2.38 bits per heavy atom. The van der Waals surface area contributed by atoms with Gasteiger partial charge in [0.25, 0.3) is 5.91 Å². The molecule has 3 aliphatic rings. The Morgan fingerprint density at radius 2 is 1.68 bits per heavy atom. The molecule has 1 fully saturated rings. The molecule has 2 N–H and O–H groups in total. The summed E-state index contributed by atoms with van der Waals surface area (Å²) in [4.78, 5) is 42.4. The summed E-state index contributed by atoms with van der Waals surface area (Å²) in [6.45, 7) is 11.0. The summed E-state index contributed by atoms with van der Waals surface area (Å²) in [5, 5.41) is 15.3. The highest BCUT2D eigenvalue weighted by molar-refractivity contribution is 7.99.